The van der Waals surface area contributed by atoms with Gasteiger partial charge in [0.15, 0.2) is 0 Å². The molecule has 0 radical (unpaired) electrons. The van der Waals surface area contributed by atoms with Gasteiger partial charge >= 0.3 is 0 Å². The van der Waals surface area contributed by atoms with Crippen molar-refractivity contribution in [3.63, 3.8) is 0 Å². The molecule has 1 aromatic heterocycles. The maximum absolute atomic E-state index is 6.03. The maximum Gasteiger partial charge on any atom is 0.123 e. The molecule has 1 heterocycles. The summed E-state index contributed by atoms with van der Waals surface area (Å²) >= 11 is 6.03. The number of nitrogens with zero attached hydrogens (tertiary/aromatic N) is 2. The van der Waals surface area contributed by atoms with E-state index < -0.39 is 0 Å². The Morgan fingerprint density at radius 1 is 1.54 bits per heavy atom. The van der Waals surface area contributed by atoms with Crippen LogP contribution in [0, 0.1) is 0 Å². The Kier molecular flexibility index (Phi) is 1.98. The largest absolute Gasteiger partial charge is 0.329 e. The normalized spacial score (nSPS) is 11.0. The molecule has 0 aliphatic carbocycles. The summed E-state index contributed by atoms with van der Waals surface area (Å²) in [5.41, 5.74) is 7.39. The Hall–Kier alpha value is -1.06. The van der Waals surface area contributed by atoms with Crippen LogP contribution in [0.4, 0.5) is 0 Å². The van der Waals surface area contributed by atoms with Crippen LogP contribution in [-0.2, 0) is 13.6 Å². The molecule has 2 rings (SSSR count). The Labute approximate surface area is 81.1 Å². The third-order valence-electron chi connectivity index (χ3n) is 2.12. The van der Waals surface area contributed by atoms with Crippen LogP contribution in [0.25, 0.3) is 11.0 Å². The van der Waals surface area contributed by atoms with E-state index in [-0.39, 0.29) is 0 Å². The second kappa shape index (κ2) is 3.01. The van der Waals surface area contributed by atoms with Gasteiger partial charge < -0.3 is 10.3 Å². The summed E-state index contributed by atoms with van der Waals surface area (Å²) < 4.78 is 1.93. The number of aryl methyl sites for hydroxylation is 1. The van der Waals surface area contributed by atoms with Gasteiger partial charge in [0.2, 0.25) is 0 Å². The number of fused-ring (bicyclic) bond motifs is 1. The average Bonchev–Trinajstić information content (AvgIpc) is 2.44. The van der Waals surface area contributed by atoms with Gasteiger partial charge in [-0.2, -0.15) is 0 Å². The van der Waals surface area contributed by atoms with E-state index in [0.717, 1.165) is 16.9 Å². The van der Waals surface area contributed by atoms with E-state index in [1.165, 1.54) is 0 Å². The molecule has 0 amide bonds. The zero-order valence-corrected chi connectivity index (χ0v) is 8.04. The quantitative estimate of drug-likeness (QED) is 0.753. The highest BCUT2D eigenvalue weighted by atomic mass is 35.5. The molecule has 0 saturated heterocycles. The predicted octanol–water partition coefficient (Wildman–Crippen LogP) is 1.69. The highest BCUT2D eigenvalue weighted by Gasteiger charge is 2.08. The topological polar surface area (TPSA) is 43.8 Å². The zero-order valence-electron chi connectivity index (χ0n) is 7.29. The van der Waals surface area contributed by atoms with Crippen molar-refractivity contribution in [3.8, 4) is 0 Å². The summed E-state index contributed by atoms with van der Waals surface area (Å²) in [6.45, 7) is 0.432. The van der Waals surface area contributed by atoms with Crippen LogP contribution in [0.5, 0.6) is 0 Å². The second-order valence-corrected chi connectivity index (χ2v) is 3.31. The van der Waals surface area contributed by atoms with Gasteiger partial charge in [0.25, 0.3) is 0 Å². The smallest absolute Gasteiger partial charge is 0.123 e. The molecule has 13 heavy (non-hydrogen) atoms. The first kappa shape index (κ1) is 8.53. The van der Waals surface area contributed by atoms with Crippen molar-refractivity contribution in [1.82, 2.24) is 9.55 Å². The number of benzene rings is 1. The molecule has 2 N–H and O–H groups in total. The number of rotatable bonds is 1. The number of para-hydroxylation sites is 1. The van der Waals surface area contributed by atoms with E-state index in [0.29, 0.717) is 11.6 Å². The number of nitrogens with two attached hydrogens (primary N) is 1. The summed E-state index contributed by atoms with van der Waals surface area (Å²) in [4.78, 5) is 4.35. The molecule has 0 bridgehead atoms. The van der Waals surface area contributed by atoms with Crippen molar-refractivity contribution in [3.05, 3.63) is 29.0 Å². The van der Waals surface area contributed by atoms with Gasteiger partial charge in [-0.3, -0.25) is 0 Å². The molecule has 0 aliphatic heterocycles. The molecule has 1 aromatic carbocycles. The number of halogens is 1. The van der Waals surface area contributed by atoms with E-state index in [4.69, 9.17) is 17.3 Å². The molecule has 0 aliphatic rings. The number of hydrogen-bond acceptors (Lipinski definition) is 2. The molecule has 0 saturated carbocycles. The third kappa shape index (κ3) is 1.20. The van der Waals surface area contributed by atoms with E-state index in [9.17, 15) is 0 Å². The van der Waals surface area contributed by atoms with Crippen molar-refractivity contribution in [2.45, 2.75) is 6.54 Å². The van der Waals surface area contributed by atoms with Gasteiger partial charge in [-0.15, -0.1) is 0 Å². The molecule has 0 atom stereocenters. The molecule has 2 aromatic rings. The van der Waals surface area contributed by atoms with Gasteiger partial charge in [-0.1, -0.05) is 17.7 Å². The standard InChI is InChI=1S/C9H10ClN3/c1-13-8(5-11)12-7-4-2-3-6(10)9(7)13/h2-4H,5,11H2,1H3. The summed E-state index contributed by atoms with van der Waals surface area (Å²) in [7, 11) is 1.92. The average molecular weight is 196 g/mol. The van der Waals surface area contributed by atoms with Crippen molar-refractivity contribution in [2.75, 3.05) is 0 Å². The molecule has 4 heteroatoms. The lowest BCUT2D eigenvalue weighted by molar-refractivity contribution is 0.813. The molecule has 3 nitrogen and oxygen atoms in total. The molecular formula is C9H10ClN3. The third-order valence-corrected chi connectivity index (χ3v) is 2.43. The first-order valence-corrected chi connectivity index (χ1v) is 4.41. The molecular weight excluding hydrogens is 186 g/mol. The van der Waals surface area contributed by atoms with E-state index in [1.807, 2.05) is 29.8 Å². The highest BCUT2D eigenvalue weighted by Crippen LogP contribution is 2.23. The molecule has 0 unspecified atom stereocenters. The van der Waals surface area contributed by atoms with Crippen LogP contribution < -0.4 is 5.73 Å². The van der Waals surface area contributed by atoms with Gasteiger partial charge in [0, 0.05) is 7.05 Å². The van der Waals surface area contributed by atoms with Crippen LogP contribution in [0.15, 0.2) is 18.2 Å². The summed E-state index contributed by atoms with van der Waals surface area (Å²) in [6, 6.07) is 5.67. The lowest BCUT2D eigenvalue weighted by Crippen LogP contribution is -2.04. The van der Waals surface area contributed by atoms with Crippen molar-refractivity contribution in [1.29, 1.82) is 0 Å². The zero-order chi connectivity index (χ0) is 9.42. The fraction of sp³-hybridized carbons (Fsp3) is 0.222. The molecule has 0 spiro atoms. The summed E-state index contributed by atoms with van der Waals surface area (Å²) in [5.74, 6) is 0.850. The van der Waals surface area contributed by atoms with Crippen LogP contribution in [0.3, 0.4) is 0 Å². The van der Waals surface area contributed by atoms with E-state index >= 15 is 0 Å². The molecule has 68 valence electrons. The Balaban J connectivity index is 2.85. The predicted molar refractivity (Wildman–Crippen MR) is 53.6 cm³/mol. The van der Waals surface area contributed by atoms with Gasteiger partial charge in [-0.05, 0) is 12.1 Å². The highest BCUT2D eigenvalue weighted by molar-refractivity contribution is 6.34. The first-order chi connectivity index (χ1) is 6.24. The van der Waals surface area contributed by atoms with Crippen LogP contribution in [0.1, 0.15) is 5.82 Å². The van der Waals surface area contributed by atoms with Crippen molar-refractivity contribution >= 4 is 22.6 Å². The minimum Gasteiger partial charge on any atom is -0.329 e. The fourth-order valence-electron chi connectivity index (χ4n) is 1.45. The number of hydrogen-bond donors (Lipinski definition) is 1. The van der Waals surface area contributed by atoms with Crippen molar-refractivity contribution < 1.29 is 0 Å². The van der Waals surface area contributed by atoms with Gasteiger partial charge in [0.05, 0.1) is 22.6 Å². The minimum absolute atomic E-state index is 0.432. The summed E-state index contributed by atoms with van der Waals surface area (Å²) in [5, 5.41) is 0.715. The van der Waals surface area contributed by atoms with Crippen LogP contribution >= 0.6 is 11.6 Å². The Bertz CT molecular complexity index is 447. The van der Waals surface area contributed by atoms with Crippen molar-refractivity contribution in [2.24, 2.45) is 12.8 Å². The van der Waals surface area contributed by atoms with Crippen LogP contribution in [-0.4, -0.2) is 9.55 Å². The number of imidazole rings is 1. The van der Waals surface area contributed by atoms with E-state index in [2.05, 4.69) is 4.98 Å². The monoisotopic (exact) mass is 195 g/mol. The molecule has 0 fully saturated rings. The SMILES string of the molecule is Cn1c(CN)nc2cccc(Cl)c21. The summed E-state index contributed by atoms with van der Waals surface area (Å²) in [6.07, 6.45) is 0. The lowest BCUT2D eigenvalue weighted by atomic mass is 10.3. The Morgan fingerprint density at radius 2 is 2.31 bits per heavy atom. The fourth-order valence-corrected chi connectivity index (χ4v) is 1.75. The van der Waals surface area contributed by atoms with Gasteiger partial charge in [0.1, 0.15) is 5.82 Å². The lowest BCUT2D eigenvalue weighted by Gasteiger charge is -1.99. The minimum atomic E-state index is 0.432. The maximum atomic E-state index is 6.03. The van der Waals surface area contributed by atoms with Crippen LogP contribution in [0.2, 0.25) is 5.02 Å². The van der Waals surface area contributed by atoms with Gasteiger partial charge in [-0.25, -0.2) is 4.98 Å². The van der Waals surface area contributed by atoms with E-state index in [1.54, 1.807) is 0 Å². The Morgan fingerprint density at radius 3 is 2.92 bits per heavy atom. The second-order valence-electron chi connectivity index (χ2n) is 2.90. The first-order valence-electron chi connectivity index (χ1n) is 4.04. The number of aromatic nitrogens is 2.